The molecule has 3 atom stereocenters. The summed E-state index contributed by atoms with van der Waals surface area (Å²) in [5.41, 5.74) is 16.7. The highest BCUT2D eigenvalue weighted by atomic mass is 16.3. The first kappa shape index (κ1) is 40.1. The van der Waals surface area contributed by atoms with Crippen LogP contribution in [0.5, 0.6) is 5.75 Å². The van der Waals surface area contributed by atoms with Crippen molar-refractivity contribution in [3.05, 3.63) is 76.7 Å². The van der Waals surface area contributed by atoms with E-state index in [2.05, 4.69) is 37.2 Å². The second-order valence-electron chi connectivity index (χ2n) is 16.7. The monoisotopic (exact) mass is 781 g/mol. The molecule has 306 valence electrons. The summed E-state index contributed by atoms with van der Waals surface area (Å²) in [5, 5.41) is 15.8. The fourth-order valence-electron chi connectivity index (χ4n) is 9.61. The third-order valence-corrected chi connectivity index (χ3v) is 13.0. The van der Waals surface area contributed by atoms with Gasteiger partial charge in [-0.05, 0) is 106 Å². The first-order valence-electron chi connectivity index (χ1n) is 20.7. The number of fused-ring (bicyclic) bond motifs is 2. The molecule has 2 aromatic carbocycles. The van der Waals surface area contributed by atoms with Crippen molar-refractivity contribution < 1.29 is 24.3 Å². The number of carbonyl (C=O) groups is 4. The Morgan fingerprint density at radius 1 is 0.965 bits per heavy atom. The van der Waals surface area contributed by atoms with Crippen LogP contribution in [0.15, 0.2) is 60.1 Å². The molecule has 0 saturated carbocycles. The predicted molar refractivity (Wildman–Crippen MR) is 220 cm³/mol. The molecular weight excluding hydrogens is 723 g/mol. The zero-order valence-electron chi connectivity index (χ0n) is 33.4. The molecular formula is C43H59N9O5. The van der Waals surface area contributed by atoms with Crippen LogP contribution in [-0.4, -0.2) is 126 Å². The number of anilines is 1. The third kappa shape index (κ3) is 8.91. The Hall–Kier alpha value is -5.08. The summed E-state index contributed by atoms with van der Waals surface area (Å²) in [4.78, 5) is 60.0. The van der Waals surface area contributed by atoms with Gasteiger partial charge >= 0.3 is 0 Å². The van der Waals surface area contributed by atoms with E-state index >= 15 is 0 Å². The maximum absolute atomic E-state index is 13.3. The molecule has 7 N–H and O–H groups in total. The number of piperazine rings is 1. The molecule has 7 rings (SSSR count). The van der Waals surface area contributed by atoms with Crippen LogP contribution in [0.3, 0.4) is 0 Å². The van der Waals surface area contributed by atoms with Crippen LogP contribution in [0.1, 0.15) is 78.7 Å². The molecule has 0 aromatic heterocycles. The molecule has 14 nitrogen and oxygen atoms in total. The first-order valence-corrected chi connectivity index (χ1v) is 20.7. The molecule has 0 spiro atoms. The van der Waals surface area contributed by atoms with E-state index < -0.39 is 11.9 Å². The number of allylic oxidation sites excluding steroid dienone is 1. The fourth-order valence-corrected chi connectivity index (χ4v) is 9.61. The molecule has 14 heteroatoms. The minimum Gasteiger partial charge on any atom is -0.507 e. The number of hydrogen-bond donors (Lipinski definition) is 5. The Morgan fingerprint density at radius 2 is 1.70 bits per heavy atom. The van der Waals surface area contributed by atoms with Crippen molar-refractivity contribution in [3.8, 4) is 5.75 Å². The molecule has 0 aliphatic carbocycles. The van der Waals surface area contributed by atoms with Gasteiger partial charge in [-0.2, -0.15) is 0 Å². The Morgan fingerprint density at radius 3 is 2.44 bits per heavy atom. The van der Waals surface area contributed by atoms with Crippen LogP contribution in [0.4, 0.5) is 5.69 Å². The quantitative estimate of drug-likeness (QED) is 0.148. The van der Waals surface area contributed by atoms with Crippen molar-refractivity contribution in [3.63, 3.8) is 0 Å². The second-order valence-corrected chi connectivity index (χ2v) is 16.7. The predicted octanol–water partition coefficient (Wildman–Crippen LogP) is 2.71. The van der Waals surface area contributed by atoms with E-state index in [1.165, 1.54) is 17.7 Å². The van der Waals surface area contributed by atoms with Crippen molar-refractivity contribution in [2.75, 3.05) is 70.3 Å². The van der Waals surface area contributed by atoms with E-state index in [0.29, 0.717) is 58.4 Å². The number of likely N-dealkylation sites (tertiary alicyclic amines) is 1. The Balaban J connectivity index is 0.837. The maximum atomic E-state index is 13.3. The van der Waals surface area contributed by atoms with E-state index in [0.717, 1.165) is 89.7 Å². The number of aromatic hydroxyl groups is 1. The minimum absolute atomic E-state index is 0.0536. The van der Waals surface area contributed by atoms with Gasteiger partial charge in [0.25, 0.3) is 11.8 Å². The summed E-state index contributed by atoms with van der Waals surface area (Å²) >= 11 is 0. The van der Waals surface area contributed by atoms with Gasteiger partial charge in [0, 0.05) is 81.8 Å². The number of benzene rings is 2. The highest BCUT2D eigenvalue weighted by Crippen LogP contribution is 2.33. The largest absolute Gasteiger partial charge is 0.507 e. The van der Waals surface area contributed by atoms with E-state index in [9.17, 15) is 24.3 Å². The van der Waals surface area contributed by atoms with E-state index in [-0.39, 0.29) is 30.4 Å². The lowest BCUT2D eigenvalue weighted by Gasteiger charge is -2.47. The highest BCUT2D eigenvalue weighted by molar-refractivity contribution is 6.22. The number of phenols is 1. The van der Waals surface area contributed by atoms with Gasteiger partial charge in [0.2, 0.25) is 12.3 Å². The van der Waals surface area contributed by atoms with Gasteiger partial charge in [0.05, 0.1) is 22.9 Å². The molecule has 5 heterocycles. The van der Waals surface area contributed by atoms with Gasteiger partial charge in [0.15, 0.2) is 0 Å². The standard InChI is InChI=1S/C43H59N9O5/c1-28(24-49-19-20-51-33(26-49)23-46-41(45)38(51)22-37(44)35-5-3-4-6-39(35)54)31-13-15-48(16-14-31)25-30-11-17-50(18-12-30)32-8-9-34-36(21-32)43(57)52(42(34)56)29(2)7-10-40(55)47-27-53/h3-6,8-9,21-22,27-31,33,46,54H,7,10-20,23-26,44-45H2,1-2H3,(H,47,53,55)/b37-22-. The number of carbonyl (C=O) groups excluding carboxylic acids is 4. The molecule has 5 aliphatic heterocycles. The number of nitrogens with two attached hydrogens (primary N) is 2. The van der Waals surface area contributed by atoms with E-state index in [1.807, 2.05) is 30.3 Å². The molecule has 3 fully saturated rings. The average Bonchev–Trinajstić information content (AvgIpc) is 3.46. The molecule has 0 radical (unpaired) electrons. The number of phenolic OH excluding ortho intramolecular Hbond substituents is 1. The van der Waals surface area contributed by atoms with Gasteiger partial charge in [-0.25, -0.2) is 0 Å². The normalized spacial score (nSPS) is 22.6. The molecule has 3 unspecified atom stereocenters. The zero-order chi connectivity index (χ0) is 40.2. The lowest BCUT2D eigenvalue weighted by molar-refractivity contribution is -0.125. The number of nitrogens with one attached hydrogen (secondary N) is 2. The summed E-state index contributed by atoms with van der Waals surface area (Å²) in [5.74, 6) is 1.67. The lowest BCUT2D eigenvalue weighted by atomic mass is 9.84. The van der Waals surface area contributed by atoms with Gasteiger partial charge in [-0.3, -0.25) is 34.3 Å². The number of imide groups is 2. The smallest absolute Gasteiger partial charge is 0.261 e. The Bertz CT molecular complexity index is 1880. The van der Waals surface area contributed by atoms with Gasteiger partial charge in [-0.15, -0.1) is 0 Å². The molecule has 3 saturated heterocycles. The summed E-state index contributed by atoms with van der Waals surface area (Å²) < 4.78 is 0. The molecule has 2 aromatic rings. The number of nitrogens with zero attached hydrogens (tertiary/aromatic N) is 5. The number of amides is 4. The lowest BCUT2D eigenvalue weighted by Crippen LogP contribution is -2.60. The molecule has 0 bridgehead atoms. The third-order valence-electron chi connectivity index (χ3n) is 13.0. The summed E-state index contributed by atoms with van der Waals surface area (Å²) in [6.07, 6.45) is 7.21. The summed E-state index contributed by atoms with van der Waals surface area (Å²) in [6, 6.07) is 12.5. The van der Waals surface area contributed by atoms with E-state index in [1.54, 1.807) is 25.1 Å². The van der Waals surface area contributed by atoms with Crippen LogP contribution in [0.2, 0.25) is 0 Å². The SMILES string of the molecule is CC(CN1CCN2C(/C=C(\N)c3ccccc3O)=C(N)NCC2C1)C1CCN(CC2CCN(c3ccc4c(c3)C(=O)N(C(C)CCC(=O)NC=O)C4=O)CC2)CC1. The summed E-state index contributed by atoms with van der Waals surface area (Å²) in [7, 11) is 0. The van der Waals surface area contributed by atoms with Crippen LogP contribution in [-0.2, 0) is 9.59 Å². The highest BCUT2D eigenvalue weighted by Gasteiger charge is 2.39. The fraction of sp³-hybridized carbons (Fsp3) is 0.535. The Kier molecular flexibility index (Phi) is 12.4. The van der Waals surface area contributed by atoms with Crippen LogP contribution in [0, 0.1) is 17.8 Å². The Labute approximate surface area is 335 Å². The zero-order valence-corrected chi connectivity index (χ0v) is 33.4. The molecule has 57 heavy (non-hydrogen) atoms. The van der Waals surface area contributed by atoms with Gasteiger partial charge in [-0.1, -0.05) is 19.1 Å². The van der Waals surface area contributed by atoms with E-state index in [4.69, 9.17) is 11.5 Å². The van der Waals surface area contributed by atoms with Crippen molar-refractivity contribution in [1.29, 1.82) is 0 Å². The van der Waals surface area contributed by atoms with Gasteiger partial charge < -0.3 is 36.6 Å². The summed E-state index contributed by atoms with van der Waals surface area (Å²) in [6.45, 7) is 14.1. The van der Waals surface area contributed by atoms with Gasteiger partial charge in [0.1, 0.15) is 11.6 Å². The number of para-hydroxylation sites is 1. The molecule has 5 aliphatic rings. The minimum atomic E-state index is -0.460. The second kappa shape index (κ2) is 17.6. The van der Waals surface area contributed by atoms with Crippen molar-refractivity contribution >= 4 is 35.5 Å². The van der Waals surface area contributed by atoms with Crippen molar-refractivity contribution in [2.45, 2.75) is 64.5 Å². The topological polar surface area (TPSA) is 181 Å². The van der Waals surface area contributed by atoms with Crippen LogP contribution in [0.25, 0.3) is 5.70 Å². The number of rotatable bonds is 13. The maximum Gasteiger partial charge on any atom is 0.261 e. The number of piperidine rings is 2. The molecule has 4 amide bonds. The van der Waals surface area contributed by atoms with Crippen LogP contribution < -0.4 is 27.0 Å². The van der Waals surface area contributed by atoms with Crippen LogP contribution >= 0.6 is 0 Å². The number of hydrogen-bond acceptors (Lipinski definition) is 12. The van der Waals surface area contributed by atoms with Crippen molar-refractivity contribution in [2.24, 2.45) is 29.2 Å². The average molecular weight is 782 g/mol. The van der Waals surface area contributed by atoms with Crippen molar-refractivity contribution in [1.82, 2.24) is 30.2 Å². The first-order chi connectivity index (χ1) is 27.5.